The Hall–Kier alpha value is -0.690. The van der Waals surface area contributed by atoms with E-state index >= 15 is 0 Å². The Morgan fingerprint density at radius 3 is 2.41 bits per heavy atom. The Bertz CT molecular complexity index is 456. The van der Waals surface area contributed by atoms with Crippen LogP contribution in [0.1, 0.15) is 46.5 Å². The molecule has 0 aromatic carbocycles. The molecule has 0 amide bonds. The molecule has 3 rings (SSSR count). The van der Waals surface area contributed by atoms with Gasteiger partial charge in [-0.2, -0.15) is 0 Å². The molecule has 0 aromatic heterocycles. The quantitative estimate of drug-likeness (QED) is 0.702. The van der Waals surface area contributed by atoms with E-state index in [1.807, 2.05) is 0 Å². The minimum atomic E-state index is -1.14. The fourth-order valence-electron chi connectivity index (χ4n) is 4.62. The summed E-state index contributed by atoms with van der Waals surface area (Å²) in [6.07, 6.45) is 0.902. The lowest BCUT2D eigenvalue weighted by Gasteiger charge is -2.59. The van der Waals surface area contributed by atoms with Crippen LogP contribution in [-0.4, -0.2) is 53.0 Å². The van der Waals surface area contributed by atoms with Crippen molar-refractivity contribution < 1.29 is 29.2 Å². The van der Waals surface area contributed by atoms with Gasteiger partial charge in [0, 0.05) is 18.8 Å². The standard InChI is InChI=1S/C16H26O6/c1-10(17)22-12-6-11-7-15(3,19)13(18)9-14(11,2)16(8-12)20-4-5-21-16/h11-13,18-19H,4-9H2,1-3H3/t11-,12+,13+,14+,15-/m1/s1. The van der Waals surface area contributed by atoms with E-state index < -0.39 is 22.9 Å². The van der Waals surface area contributed by atoms with E-state index in [9.17, 15) is 15.0 Å². The van der Waals surface area contributed by atoms with E-state index in [2.05, 4.69) is 6.92 Å². The highest BCUT2D eigenvalue weighted by Gasteiger charge is 2.65. The normalized spacial score (nSPS) is 47.2. The first-order valence-corrected chi connectivity index (χ1v) is 8.04. The highest BCUT2D eigenvalue weighted by atomic mass is 16.7. The van der Waals surface area contributed by atoms with Crippen molar-refractivity contribution in [2.24, 2.45) is 11.3 Å². The van der Waals surface area contributed by atoms with Gasteiger partial charge in [0.1, 0.15) is 6.10 Å². The molecular formula is C16H26O6. The predicted octanol–water partition coefficient (Wildman–Crippen LogP) is 0.983. The number of fused-ring (bicyclic) bond motifs is 2. The summed E-state index contributed by atoms with van der Waals surface area (Å²) in [5, 5.41) is 20.8. The van der Waals surface area contributed by atoms with Gasteiger partial charge in [0.05, 0.1) is 24.9 Å². The van der Waals surface area contributed by atoms with Crippen molar-refractivity contribution >= 4 is 5.97 Å². The number of ether oxygens (including phenoxy) is 3. The predicted molar refractivity (Wildman–Crippen MR) is 76.9 cm³/mol. The molecule has 0 bridgehead atoms. The van der Waals surface area contributed by atoms with Crippen LogP contribution in [0, 0.1) is 11.3 Å². The molecule has 0 aromatic rings. The minimum absolute atomic E-state index is 0.0575. The van der Waals surface area contributed by atoms with Crippen LogP contribution in [0.25, 0.3) is 0 Å². The molecule has 3 fully saturated rings. The van der Waals surface area contributed by atoms with Crippen molar-refractivity contribution in [2.45, 2.75) is 70.1 Å². The molecule has 6 heteroatoms. The van der Waals surface area contributed by atoms with Crippen LogP contribution in [0.15, 0.2) is 0 Å². The third-order valence-electron chi connectivity index (χ3n) is 5.90. The summed E-state index contributed by atoms with van der Waals surface area (Å²) in [6.45, 7) is 6.13. The summed E-state index contributed by atoms with van der Waals surface area (Å²) in [6, 6.07) is 0. The third-order valence-corrected chi connectivity index (χ3v) is 5.90. The van der Waals surface area contributed by atoms with Gasteiger partial charge in [-0.05, 0) is 32.1 Å². The first kappa shape index (κ1) is 16.2. The third kappa shape index (κ3) is 2.37. The summed E-state index contributed by atoms with van der Waals surface area (Å²) < 4.78 is 17.4. The van der Waals surface area contributed by atoms with Gasteiger partial charge < -0.3 is 24.4 Å². The topological polar surface area (TPSA) is 85.2 Å². The van der Waals surface area contributed by atoms with Crippen LogP contribution in [0.3, 0.4) is 0 Å². The maximum Gasteiger partial charge on any atom is 0.302 e. The first-order chi connectivity index (χ1) is 10.2. The molecule has 3 aliphatic rings. The van der Waals surface area contributed by atoms with Gasteiger partial charge >= 0.3 is 5.97 Å². The van der Waals surface area contributed by atoms with Crippen molar-refractivity contribution in [3.8, 4) is 0 Å². The van der Waals surface area contributed by atoms with Crippen LogP contribution in [-0.2, 0) is 19.0 Å². The molecule has 0 radical (unpaired) electrons. The lowest BCUT2D eigenvalue weighted by atomic mass is 9.53. The SMILES string of the molecule is CC(=O)O[C@H]1C[C@@H]2C[C@@](C)(O)[C@@H](O)C[C@]2(C)C2(C1)OCCO2. The largest absolute Gasteiger partial charge is 0.462 e. The number of aliphatic hydroxyl groups excluding tert-OH is 1. The smallest absolute Gasteiger partial charge is 0.302 e. The maximum absolute atomic E-state index is 11.3. The Morgan fingerprint density at radius 1 is 1.18 bits per heavy atom. The monoisotopic (exact) mass is 314 g/mol. The molecule has 2 N–H and O–H groups in total. The average molecular weight is 314 g/mol. The molecule has 1 saturated heterocycles. The second-order valence-electron chi connectivity index (χ2n) is 7.52. The number of carbonyl (C=O) groups excluding carboxylic acids is 1. The average Bonchev–Trinajstić information content (AvgIpc) is 2.83. The highest BCUT2D eigenvalue weighted by Crippen LogP contribution is 2.60. The molecule has 2 saturated carbocycles. The zero-order valence-corrected chi connectivity index (χ0v) is 13.5. The van der Waals surface area contributed by atoms with Gasteiger partial charge in [0.25, 0.3) is 0 Å². The number of rotatable bonds is 1. The molecule has 2 aliphatic carbocycles. The van der Waals surface area contributed by atoms with Gasteiger partial charge in [-0.3, -0.25) is 4.79 Å². The maximum atomic E-state index is 11.3. The summed E-state index contributed by atoms with van der Waals surface area (Å²) in [4.78, 5) is 11.3. The fraction of sp³-hybridized carbons (Fsp3) is 0.938. The van der Waals surface area contributed by atoms with E-state index in [1.54, 1.807) is 6.92 Å². The molecule has 6 nitrogen and oxygen atoms in total. The fourth-order valence-corrected chi connectivity index (χ4v) is 4.62. The molecule has 1 spiro atoms. The van der Waals surface area contributed by atoms with E-state index in [-0.39, 0.29) is 18.0 Å². The van der Waals surface area contributed by atoms with Crippen molar-refractivity contribution in [2.75, 3.05) is 13.2 Å². The highest BCUT2D eigenvalue weighted by molar-refractivity contribution is 5.66. The summed E-state index contributed by atoms with van der Waals surface area (Å²) in [5.41, 5.74) is -1.54. The van der Waals surface area contributed by atoms with Crippen molar-refractivity contribution in [3.05, 3.63) is 0 Å². The number of hydrogen-bond acceptors (Lipinski definition) is 6. The molecule has 0 unspecified atom stereocenters. The molecule has 126 valence electrons. The molecular weight excluding hydrogens is 288 g/mol. The van der Waals surface area contributed by atoms with Crippen molar-refractivity contribution in [3.63, 3.8) is 0 Å². The summed E-state index contributed by atoms with van der Waals surface area (Å²) in [7, 11) is 0. The second kappa shape index (κ2) is 5.16. The zero-order chi connectivity index (χ0) is 16.2. The van der Waals surface area contributed by atoms with E-state index in [0.29, 0.717) is 38.9 Å². The minimum Gasteiger partial charge on any atom is -0.462 e. The number of hydrogen-bond donors (Lipinski definition) is 2. The Labute approximate surface area is 130 Å². The van der Waals surface area contributed by atoms with Crippen LogP contribution in [0.2, 0.25) is 0 Å². The van der Waals surface area contributed by atoms with Gasteiger partial charge in [0.2, 0.25) is 0 Å². The van der Waals surface area contributed by atoms with Gasteiger partial charge in [-0.25, -0.2) is 0 Å². The molecule has 1 heterocycles. The first-order valence-electron chi connectivity index (χ1n) is 8.04. The molecule has 22 heavy (non-hydrogen) atoms. The van der Waals surface area contributed by atoms with Crippen molar-refractivity contribution in [1.82, 2.24) is 0 Å². The Balaban J connectivity index is 1.93. The van der Waals surface area contributed by atoms with E-state index in [0.717, 1.165) is 0 Å². The Morgan fingerprint density at radius 2 is 1.82 bits per heavy atom. The number of aliphatic hydroxyl groups is 2. The Kier molecular flexibility index (Phi) is 3.79. The lowest BCUT2D eigenvalue weighted by molar-refractivity contribution is -0.312. The van der Waals surface area contributed by atoms with E-state index in [1.165, 1.54) is 6.92 Å². The van der Waals surface area contributed by atoms with Crippen LogP contribution >= 0.6 is 0 Å². The van der Waals surface area contributed by atoms with Crippen molar-refractivity contribution in [1.29, 1.82) is 0 Å². The van der Waals surface area contributed by atoms with Gasteiger partial charge in [-0.15, -0.1) is 0 Å². The number of carbonyl (C=O) groups is 1. The summed E-state index contributed by atoms with van der Waals surface area (Å²) >= 11 is 0. The zero-order valence-electron chi connectivity index (χ0n) is 13.5. The summed E-state index contributed by atoms with van der Waals surface area (Å²) in [5.74, 6) is -1.10. The van der Waals surface area contributed by atoms with Crippen LogP contribution in [0.4, 0.5) is 0 Å². The molecule has 1 aliphatic heterocycles. The van der Waals surface area contributed by atoms with Gasteiger partial charge in [-0.1, -0.05) is 6.92 Å². The lowest BCUT2D eigenvalue weighted by Crippen LogP contribution is -2.65. The van der Waals surface area contributed by atoms with Crippen LogP contribution < -0.4 is 0 Å². The molecule has 5 atom stereocenters. The second-order valence-corrected chi connectivity index (χ2v) is 7.52. The van der Waals surface area contributed by atoms with Gasteiger partial charge in [0.15, 0.2) is 5.79 Å². The van der Waals surface area contributed by atoms with Crippen LogP contribution in [0.5, 0.6) is 0 Å². The number of esters is 1. The van der Waals surface area contributed by atoms with E-state index in [4.69, 9.17) is 14.2 Å².